The first-order valence-electron chi connectivity index (χ1n) is 10.4. The monoisotopic (exact) mass is 356 g/mol. The predicted octanol–water partition coefficient (Wildman–Crippen LogP) is 2.45. The lowest BCUT2D eigenvalue weighted by Crippen LogP contribution is -2.46. The van der Waals surface area contributed by atoms with Crippen LogP contribution >= 0.6 is 0 Å². The van der Waals surface area contributed by atoms with Gasteiger partial charge in [-0.1, -0.05) is 25.3 Å². The van der Waals surface area contributed by atoms with Crippen LogP contribution in [0.3, 0.4) is 0 Å². The third-order valence-corrected chi connectivity index (χ3v) is 6.36. The van der Waals surface area contributed by atoms with Crippen LogP contribution in [-0.2, 0) is 6.54 Å². The zero-order valence-electron chi connectivity index (χ0n) is 15.8. The second-order valence-electron chi connectivity index (χ2n) is 8.04. The topological polar surface area (TPSA) is 52.8 Å². The van der Waals surface area contributed by atoms with E-state index in [1.54, 1.807) is 0 Å². The number of fused-ring (bicyclic) bond motifs is 1. The molecule has 3 aliphatic rings. The molecule has 1 saturated carbocycles. The zero-order valence-corrected chi connectivity index (χ0v) is 15.8. The zero-order chi connectivity index (χ0) is 17.9. The van der Waals surface area contributed by atoms with Crippen LogP contribution in [0.4, 0.5) is 5.69 Å². The highest BCUT2D eigenvalue weighted by Gasteiger charge is 2.33. The van der Waals surface area contributed by atoms with Crippen molar-refractivity contribution in [3.05, 3.63) is 29.3 Å². The fraction of sp³-hybridized carbons (Fsp3) is 0.667. The number of nitrogens with zero attached hydrogens (tertiary/aromatic N) is 3. The van der Waals surface area contributed by atoms with E-state index >= 15 is 0 Å². The first-order valence-corrected chi connectivity index (χ1v) is 10.4. The van der Waals surface area contributed by atoms with Crippen LogP contribution in [0.1, 0.15) is 54.4 Å². The molecule has 5 nitrogen and oxygen atoms in total. The maximum Gasteiger partial charge on any atom is 0.254 e. The molecular weight excluding hydrogens is 324 g/mol. The van der Waals surface area contributed by atoms with Crippen LogP contribution in [0.15, 0.2) is 18.2 Å². The Hall–Kier alpha value is -1.59. The predicted molar refractivity (Wildman–Crippen MR) is 106 cm³/mol. The van der Waals surface area contributed by atoms with E-state index in [0.29, 0.717) is 6.04 Å². The van der Waals surface area contributed by atoms with Gasteiger partial charge in [0.15, 0.2) is 0 Å². The van der Waals surface area contributed by atoms with Gasteiger partial charge in [-0.05, 0) is 50.0 Å². The van der Waals surface area contributed by atoms with Crippen molar-refractivity contribution in [1.29, 1.82) is 0 Å². The van der Waals surface area contributed by atoms with Gasteiger partial charge in [0.2, 0.25) is 0 Å². The van der Waals surface area contributed by atoms with Crippen molar-refractivity contribution in [2.45, 2.75) is 51.1 Å². The largest absolute Gasteiger partial charge is 0.369 e. The number of nitrogens with two attached hydrogens (primary N) is 1. The normalized spacial score (nSPS) is 22.1. The number of carbonyl (C=O) groups excluding carboxylic acids is 1. The maximum absolute atomic E-state index is 13.0. The molecule has 4 rings (SSSR count). The van der Waals surface area contributed by atoms with E-state index in [9.17, 15) is 4.79 Å². The highest BCUT2D eigenvalue weighted by molar-refractivity contribution is 5.99. The van der Waals surface area contributed by atoms with Crippen LogP contribution in [0.2, 0.25) is 0 Å². The molecule has 0 aromatic heterocycles. The first-order chi connectivity index (χ1) is 12.8. The van der Waals surface area contributed by atoms with Crippen molar-refractivity contribution >= 4 is 11.6 Å². The summed E-state index contributed by atoms with van der Waals surface area (Å²) < 4.78 is 0. The lowest BCUT2D eigenvalue weighted by atomic mass is 9.94. The molecule has 0 spiro atoms. The van der Waals surface area contributed by atoms with Crippen LogP contribution in [-0.4, -0.2) is 61.0 Å². The Kier molecular flexibility index (Phi) is 5.46. The lowest BCUT2D eigenvalue weighted by Gasteiger charge is -2.36. The van der Waals surface area contributed by atoms with Crippen molar-refractivity contribution in [3.63, 3.8) is 0 Å². The standard InChI is InChI=1S/C21H32N4O/c22-9-4-10-23-11-13-24(14-12-23)19-8-7-17-16-25(21(26)20(17)15-19)18-5-2-1-3-6-18/h7-8,15,18H,1-6,9-14,16,22H2. The van der Waals surface area contributed by atoms with Gasteiger partial charge >= 0.3 is 0 Å². The Morgan fingerprint density at radius 1 is 1.04 bits per heavy atom. The van der Waals surface area contributed by atoms with Gasteiger partial charge in [0.25, 0.3) is 5.91 Å². The Balaban J connectivity index is 1.41. The van der Waals surface area contributed by atoms with Gasteiger partial charge < -0.3 is 15.5 Å². The summed E-state index contributed by atoms with van der Waals surface area (Å²) in [5.41, 5.74) is 8.99. The Morgan fingerprint density at radius 2 is 1.81 bits per heavy atom. The molecule has 1 saturated heterocycles. The lowest BCUT2D eigenvalue weighted by molar-refractivity contribution is 0.0660. The van der Waals surface area contributed by atoms with Gasteiger partial charge in [-0.3, -0.25) is 9.69 Å². The minimum Gasteiger partial charge on any atom is -0.369 e. The van der Waals surface area contributed by atoms with Crippen molar-refractivity contribution < 1.29 is 4.79 Å². The average molecular weight is 357 g/mol. The highest BCUT2D eigenvalue weighted by Crippen LogP contribution is 2.33. The maximum atomic E-state index is 13.0. The quantitative estimate of drug-likeness (QED) is 0.880. The summed E-state index contributed by atoms with van der Waals surface area (Å²) in [7, 11) is 0. The number of hydrogen-bond acceptors (Lipinski definition) is 4. The molecule has 0 unspecified atom stereocenters. The summed E-state index contributed by atoms with van der Waals surface area (Å²) in [5.74, 6) is 0.260. The third-order valence-electron chi connectivity index (χ3n) is 6.36. The van der Waals surface area contributed by atoms with E-state index < -0.39 is 0 Å². The van der Waals surface area contributed by atoms with Gasteiger partial charge in [0.05, 0.1) is 0 Å². The summed E-state index contributed by atoms with van der Waals surface area (Å²) in [5, 5.41) is 0. The number of benzene rings is 1. The van der Waals surface area contributed by atoms with Gasteiger partial charge in [0, 0.05) is 50.0 Å². The van der Waals surface area contributed by atoms with Crippen molar-refractivity contribution in [2.75, 3.05) is 44.2 Å². The van der Waals surface area contributed by atoms with Crippen molar-refractivity contribution in [2.24, 2.45) is 5.73 Å². The fourth-order valence-corrected chi connectivity index (χ4v) is 4.74. The Bertz CT molecular complexity index is 633. The molecule has 2 aliphatic heterocycles. The molecule has 2 N–H and O–H groups in total. The van der Waals surface area contributed by atoms with Gasteiger partial charge in [-0.2, -0.15) is 0 Å². The van der Waals surface area contributed by atoms with E-state index in [4.69, 9.17) is 5.73 Å². The second kappa shape index (κ2) is 7.97. The second-order valence-corrected chi connectivity index (χ2v) is 8.04. The smallest absolute Gasteiger partial charge is 0.254 e. The molecular formula is C21H32N4O. The van der Waals surface area contributed by atoms with Crippen molar-refractivity contribution in [1.82, 2.24) is 9.80 Å². The molecule has 2 heterocycles. The molecule has 2 fully saturated rings. The van der Waals surface area contributed by atoms with Crippen LogP contribution < -0.4 is 10.6 Å². The number of carbonyl (C=O) groups is 1. The Morgan fingerprint density at radius 3 is 2.54 bits per heavy atom. The van der Waals surface area contributed by atoms with E-state index in [2.05, 4.69) is 32.9 Å². The summed E-state index contributed by atoms with van der Waals surface area (Å²) in [4.78, 5) is 20.0. The molecule has 1 aromatic carbocycles. The van der Waals surface area contributed by atoms with Gasteiger partial charge in [0.1, 0.15) is 0 Å². The van der Waals surface area contributed by atoms with E-state index in [-0.39, 0.29) is 5.91 Å². The molecule has 0 atom stereocenters. The SMILES string of the molecule is NCCCN1CCN(c2ccc3c(c2)C(=O)N(C2CCCCC2)C3)CC1. The minimum atomic E-state index is 0.260. The molecule has 26 heavy (non-hydrogen) atoms. The molecule has 142 valence electrons. The summed E-state index contributed by atoms with van der Waals surface area (Å²) in [6, 6.07) is 7.01. The summed E-state index contributed by atoms with van der Waals surface area (Å²) in [6.45, 7) is 6.91. The minimum absolute atomic E-state index is 0.260. The Labute approximate surface area is 157 Å². The van der Waals surface area contributed by atoms with Crippen LogP contribution in [0.25, 0.3) is 0 Å². The number of hydrogen-bond donors (Lipinski definition) is 1. The molecule has 0 bridgehead atoms. The molecule has 1 aromatic rings. The number of piperazine rings is 1. The van der Waals surface area contributed by atoms with E-state index in [1.807, 2.05) is 0 Å². The molecule has 1 aliphatic carbocycles. The summed E-state index contributed by atoms with van der Waals surface area (Å²) >= 11 is 0. The van der Waals surface area contributed by atoms with E-state index in [0.717, 1.165) is 57.8 Å². The molecule has 5 heteroatoms. The first kappa shape index (κ1) is 17.8. The van der Waals surface area contributed by atoms with Crippen molar-refractivity contribution in [3.8, 4) is 0 Å². The molecule has 0 radical (unpaired) electrons. The number of rotatable bonds is 5. The number of anilines is 1. The summed E-state index contributed by atoms with van der Waals surface area (Å²) in [6.07, 6.45) is 7.29. The van der Waals surface area contributed by atoms with Gasteiger partial charge in [-0.15, -0.1) is 0 Å². The van der Waals surface area contributed by atoms with Crippen LogP contribution in [0, 0.1) is 0 Å². The molecule has 1 amide bonds. The third kappa shape index (κ3) is 3.60. The highest BCUT2D eigenvalue weighted by atomic mass is 16.2. The average Bonchev–Trinajstić information content (AvgIpc) is 3.03. The number of amides is 1. The van der Waals surface area contributed by atoms with Crippen LogP contribution in [0.5, 0.6) is 0 Å². The van der Waals surface area contributed by atoms with E-state index in [1.165, 1.54) is 43.4 Å². The fourth-order valence-electron chi connectivity index (χ4n) is 4.74. The van der Waals surface area contributed by atoms with Gasteiger partial charge in [-0.25, -0.2) is 0 Å².